The number of carbonyl (C=O) groups excluding carboxylic acids is 1. The molecule has 2 N–H and O–H groups in total. The minimum absolute atomic E-state index is 0.0744. The van der Waals surface area contributed by atoms with Crippen LogP contribution in [0.5, 0.6) is 0 Å². The van der Waals surface area contributed by atoms with Gasteiger partial charge < -0.3 is 10.6 Å². The maximum Gasteiger partial charge on any atom is 0.229 e. The molecule has 148 valence electrons. The van der Waals surface area contributed by atoms with E-state index in [1.807, 2.05) is 43.3 Å². The number of benzene rings is 2. The largest absolute Gasteiger partial charge is 0.339 e. The Morgan fingerprint density at radius 1 is 0.966 bits per heavy atom. The number of nitrogens with one attached hydrogen (secondary N) is 2. The zero-order chi connectivity index (χ0) is 20.6. The van der Waals surface area contributed by atoms with Gasteiger partial charge in [0, 0.05) is 22.8 Å². The van der Waals surface area contributed by atoms with Crippen LogP contribution in [0.2, 0.25) is 5.02 Å². The molecule has 0 saturated heterocycles. The molecule has 0 bridgehead atoms. The molecule has 0 fully saturated rings. The molecule has 4 rings (SSSR count). The number of aryl methyl sites for hydroxylation is 1. The van der Waals surface area contributed by atoms with Gasteiger partial charge in [-0.2, -0.15) is 4.98 Å². The zero-order valence-electron chi connectivity index (χ0n) is 16.7. The first-order chi connectivity index (χ1) is 13.8. The van der Waals surface area contributed by atoms with Crippen LogP contribution >= 0.6 is 11.6 Å². The Hall–Kier alpha value is -2.92. The number of anilines is 4. The lowest BCUT2D eigenvalue weighted by molar-refractivity contribution is 0.0911. The zero-order valence-corrected chi connectivity index (χ0v) is 17.5. The van der Waals surface area contributed by atoms with Crippen LogP contribution in [0.4, 0.5) is 23.1 Å². The van der Waals surface area contributed by atoms with Crippen LogP contribution in [0.1, 0.15) is 41.9 Å². The van der Waals surface area contributed by atoms with Crippen molar-refractivity contribution in [1.82, 2.24) is 9.97 Å². The number of hydrogen-bond acceptors (Lipinski definition) is 5. The highest BCUT2D eigenvalue weighted by Gasteiger charge is 2.35. The van der Waals surface area contributed by atoms with E-state index in [2.05, 4.69) is 34.4 Å². The van der Waals surface area contributed by atoms with Gasteiger partial charge in [0.2, 0.25) is 5.95 Å². The third kappa shape index (κ3) is 4.25. The summed E-state index contributed by atoms with van der Waals surface area (Å²) in [6.07, 6.45) is 1.20. The molecule has 0 spiro atoms. The fourth-order valence-corrected chi connectivity index (χ4v) is 3.74. The lowest BCUT2D eigenvalue weighted by Crippen LogP contribution is -2.29. The summed E-state index contributed by atoms with van der Waals surface area (Å²) < 4.78 is 0. The number of ketones is 1. The summed E-state index contributed by atoms with van der Waals surface area (Å²) in [5, 5.41) is 7.26. The average Bonchev–Trinajstić information content (AvgIpc) is 2.64. The molecule has 3 aromatic rings. The average molecular weight is 407 g/mol. The van der Waals surface area contributed by atoms with Crippen LogP contribution in [0, 0.1) is 12.3 Å². The van der Waals surface area contributed by atoms with Gasteiger partial charge in [-0.15, -0.1) is 0 Å². The van der Waals surface area contributed by atoms with Crippen molar-refractivity contribution in [1.29, 1.82) is 0 Å². The van der Waals surface area contributed by atoms with E-state index >= 15 is 0 Å². The number of aromatic nitrogens is 2. The predicted octanol–water partition coefficient (Wildman–Crippen LogP) is 6.08. The molecule has 0 amide bonds. The molecule has 1 aliphatic carbocycles. The van der Waals surface area contributed by atoms with E-state index in [0.29, 0.717) is 35.2 Å². The van der Waals surface area contributed by atoms with Crippen molar-refractivity contribution in [2.75, 3.05) is 10.6 Å². The molecule has 29 heavy (non-hydrogen) atoms. The summed E-state index contributed by atoms with van der Waals surface area (Å²) in [5.74, 6) is 1.07. The molecule has 2 aromatic carbocycles. The third-order valence-corrected chi connectivity index (χ3v) is 5.30. The number of Topliss-reactive ketones (excluding diaryl/α,β-unsaturated/α-hetero) is 1. The van der Waals surface area contributed by atoms with Crippen molar-refractivity contribution >= 4 is 40.5 Å². The van der Waals surface area contributed by atoms with Crippen LogP contribution in [0.25, 0.3) is 0 Å². The fourth-order valence-electron chi connectivity index (χ4n) is 3.62. The van der Waals surface area contributed by atoms with Gasteiger partial charge in [0.15, 0.2) is 5.78 Å². The fraction of sp³-hybridized carbons (Fsp3) is 0.261. The lowest BCUT2D eigenvalue weighted by Gasteiger charge is -2.30. The van der Waals surface area contributed by atoms with Crippen LogP contribution in [-0.2, 0) is 6.42 Å². The van der Waals surface area contributed by atoms with Gasteiger partial charge in [0.05, 0.1) is 11.3 Å². The van der Waals surface area contributed by atoms with Gasteiger partial charge in [-0.1, -0.05) is 43.6 Å². The van der Waals surface area contributed by atoms with E-state index in [4.69, 9.17) is 11.6 Å². The Morgan fingerprint density at radius 2 is 1.69 bits per heavy atom. The van der Waals surface area contributed by atoms with Crippen molar-refractivity contribution in [2.24, 2.45) is 5.41 Å². The Kier molecular flexibility index (Phi) is 5.01. The molecule has 0 unspecified atom stereocenters. The van der Waals surface area contributed by atoms with Crippen molar-refractivity contribution in [2.45, 2.75) is 33.6 Å². The van der Waals surface area contributed by atoms with Gasteiger partial charge >= 0.3 is 0 Å². The first kappa shape index (κ1) is 19.4. The predicted molar refractivity (Wildman–Crippen MR) is 118 cm³/mol. The van der Waals surface area contributed by atoms with Crippen LogP contribution < -0.4 is 10.6 Å². The second kappa shape index (κ2) is 7.48. The van der Waals surface area contributed by atoms with Crippen molar-refractivity contribution < 1.29 is 4.79 Å². The molecule has 1 aromatic heterocycles. The molecule has 1 aliphatic rings. The molecule has 6 heteroatoms. The lowest BCUT2D eigenvalue weighted by atomic mass is 9.75. The van der Waals surface area contributed by atoms with Crippen molar-refractivity contribution in [3.05, 3.63) is 70.4 Å². The maximum atomic E-state index is 12.9. The normalized spacial score (nSPS) is 15.0. The molecule has 5 nitrogen and oxygen atoms in total. The monoisotopic (exact) mass is 406 g/mol. The second-order valence-corrected chi connectivity index (χ2v) is 8.67. The number of fused-ring (bicyclic) bond motifs is 1. The standard InChI is InChI=1S/C23H23ClN4O/c1-14-6-4-5-7-17(14)26-21-20-18(12-23(2,3)13-19(20)29)27-22(28-21)25-16-10-8-15(24)9-11-16/h4-11H,12-13H2,1-3H3,(H2,25,26,27,28). The van der Waals surface area contributed by atoms with E-state index in [-0.39, 0.29) is 11.2 Å². The number of hydrogen-bond donors (Lipinski definition) is 2. The Balaban J connectivity index is 1.78. The molecule has 1 heterocycles. The number of carbonyl (C=O) groups is 1. The smallest absolute Gasteiger partial charge is 0.229 e. The minimum atomic E-state index is -0.129. The summed E-state index contributed by atoms with van der Waals surface area (Å²) in [4.78, 5) is 22.3. The summed E-state index contributed by atoms with van der Waals surface area (Å²) in [6.45, 7) is 6.21. The molecule has 0 saturated carbocycles. The Labute approximate surface area is 175 Å². The van der Waals surface area contributed by atoms with Crippen LogP contribution in [0.15, 0.2) is 48.5 Å². The number of rotatable bonds is 4. The van der Waals surface area contributed by atoms with E-state index < -0.39 is 0 Å². The van der Waals surface area contributed by atoms with Crippen LogP contribution in [0.3, 0.4) is 0 Å². The van der Waals surface area contributed by atoms with E-state index in [0.717, 1.165) is 22.6 Å². The van der Waals surface area contributed by atoms with Gasteiger partial charge in [0.25, 0.3) is 0 Å². The van der Waals surface area contributed by atoms with Crippen LogP contribution in [-0.4, -0.2) is 15.8 Å². The SMILES string of the molecule is Cc1ccccc1Nc1nc(Nc2ccc(Cl)cc2)nc2c1C(=O)CC(C)(C)C2. The highest BCUT2D eigenvalue weighted by molar-refractivity contribution is 6.30. The van der Waals surface area contributed by atoms with E-state index in [1.54, 1.807) is 12.1 Å². The Bertz CT molecular complexity index is 1080. The maximum absolute atomic E-state index is 12.9. The number of nitrogens with zero attached hydrogens (tertiary/aromatic N) is 2. The summed E-state index contributed by atoms with van der Waals surface area (Å²) in [5.41, 5.74) is 4.07. The summed E-state index contributed by atoms with van der Waals surface area (Å²) >= 11 is 5.98. The van der Waals surface area contributed by atoms with E-state index in [9.17, 15) is 4.79 Å². The number of halogens is 1. The number of para-hydroxylation sites is 1. The first-order valence-electron chi connectivity index (χ1n) is 9.60. The quantitative estimate of drug-likeness (QED) is 0.549. The molecule has 0 radical (unpaired) electrons. The summed E-state index contributed by atoms with van der Waals surface area (Å²) in [7, 11) is 0. The third-order valence-electron chi connectivity index (χ3n) is 5.05. The highest BCUT2D eigenvalue weighted by atomic mass is 35.5. The van der Waals surface area contributed by atoms with Crippen molar-refractivity contribution in [3.63, 3.8) is 0 Å². The van der Waals surface area contributed by atoms with Crippen molar-refractivity contribution in [3.8, 4) is 0 Å². The minimum Gasteiger partial charge on any atom is -0.339 e. The molecule has 0 atom stereocenters. The highest BCUT2D eigenvalue weighted by Crippen LogP contribution is 2.38. The van der Waals surface area contributed by atoms with Gasteiger partial charge in [-0.25, -0.2) is 4.98 Å². The molecule has 0 aliphatic heterocycles. The first-order valence-corrected chi connectivity index (χ1v) is 9.98. The van der Waals surface area contributed by atoms with Gasteiger partial charge in [0.1, 0.15) is 5.82 Å². The molecular formula is C23H23ClN4O. The molecular weight excluding hydrogens is 384 g/mol. The van der Waals surface area contributed by atoms with E-state index in [1.165, 1.54) is 0 Å². The topological polar surface area (TPSA) is 66.9 Å². The van der Waals surface area contributed by atoms with Gasteiger partial charge in [-0.05, 0) is 54.7 Å². The summed E-state index contributed by atoms with van der Waals surface area (Å²) in [6, 6.07) is 15.3. The Morgan fingerprint density at radius 3 is 2.41 bits per heavy atom. The second-order valence-electron chi connectivity index (χ2n) is 8.23. The van der Waals surface area contributed by atoms with Gasteiger partial charge in [-0.3, -0.25) is 4.79 Å².